The van der Waals surface area contributed by atoms with E-state index in [0.29, 0.717) is 16.9 Å². The summed E-state index contributed by atoms with van der Waals surface area (Å²) in [5.74, 6) is -2.84. The number of hydrogen-bond acceptors (Lipinski definition) is 6. The number of carboxylic acids is 1. The van der Waals surface area contributed by atoms with Crippen LogP contribution in [0.15, 0.2) is 52.7 Å². The van der Waals surface area contributed by atoms with Gasteiger partial charge in [-0.1, -0.05) is 30.0 Å². The Morgan fingerprint density at radius 2 is 2.07 bits per heavy atom. The number of benzene rings is 2. The average Bonchev–Trinajstić information content (AvgIpc) is 3.02. The molecule has 7 nitrogen and oxygen atoms in total. The molecule has 29 heavy (non-hydrogen) atoms. The normalized spacial score (nSPS) is 17.7. The van der Waals surface area contributed by atoms with Gasteiger partial charge < -0.3 is 15.2 Å². The molecule has 0 bridgehead atoms. The van der Waals surface area contributed by atoms with Crippen molar-refractivity contribution >= 4 is 35.0 Å². The second-order valence-electron chi connectivity index (χ2n) is 5.95. The third kappa shape index (κ3) is 5.85. The minimum absolute atomic E-state index is 0.0632. The number of ether oxygens (including phenoxy) is 1. The minimum atomic E-state index is -1.07. The highest BCUT2D eigenvalue weighted by Gasteiger charge is 2.32. The maximum absolute atomic E-state index is 13.2. The van der Waals surface area contributed by atoms with Gasteiger partial charge in [-0.15, -0.1) is 5.10 Å². The van der Waals surface area contributed by atoms with Gasteiger partial charge in [0.2, 0.25) is 5.91 Å². The van der Waals surface area contributed by atoms with Crippen molar-refractivity contribution in [3.63, 3.8) is 0 Å². The van der Waals surface area contributed by atoms with Crippen LogP contribution in [0.25, 0.3) is 0 Å². The number of halogens is 2. The largest absolute Gasteiger partial charge is 0.489 e. The number of amides is 1. The Bertz CT molecular complexity index is 997. The Kier molecular flexibility index (Phi) is 6.55. The summed E-state index contributed by atoms with van der Waals surface area (Å²) >= 11 is 1.01. The van der Waals surface area contributed by atoms with E-state index < -0.39 is 28.8 Å². The van der Waals surface area contributed by atoms with E-state index in [2.05, 4.69) is 15.5 Å². The van der Waals surface area contributed by atoms with Gasteiger partial charge in [0.1, 0.15) is 17.6 Å². The molecule has 0 aromatic heterocycles. The predicted molar refractivity (Wildman–Crippen MR) is 104 cm³/mol. The Morgan fingerprint density at radius 3 is 2.83 bits per heavy atom. The first-order chi connectivity index (χ1) is 13.9. The third-order valence-corrected chi connectivity index (χ3v) is 4.81. The lowest BCUT2D eigenvalue weighted by molar-refractivity contribution is -0.138. The molecule has 0 aliphatic carbocycles. The monoisotopic (exact) mass is 419 g/mol. The molecule has 2 N–H and O–H groups in total. The van der Waals surface area contributed by atoms with Crippen molar-refractivity contribution in [1.82, 2.24) is 5.32 Å². The van der Waals surface area contributed by atoms with Crippen LogP contribution in [0.5, 0.6) is 5.75 Å². The van der Waals surface area contributed by atoms with Crippen LogP contribution in [0.1, 0.15) is 17.5 Å². The number of carbonyl (C=O) groups is 2. The van der Waals surface area contributed by atoms with E-state index in [1.165, 1.54) is 12.3 Å². The molecule has 2 aromatic carbocycles. The summed E-state index contributed by atoms with van der Waals surface area (Å²) in [6.07, 6.45) is 1.14. The molecule has 0 saturated carbocycles. The van der Waals surface area contributed by atoms with E-state index in [4.69, 9.17) is 9.84 Å². The maximum Gasteiger partial charge on any atom is 0.305 e. The van der Waals surface area contributed by atoms with E-state index >= 15 is 0 Å². The molecule has 0 radical (unpaired) electrons. The number of hydrogen-bond donors (Lipinski definition) is 2. The second kappa shape index (κ2) is 9.28. The number of rotatable bonds is 7. The van der Waals surface area contributed by atoms with E-state index in [1.54, 1.807) is 24.3 Å². The van der Waals surface area contributed by atoms with Crippen molar-refractivity contribution in [3.05, 3.63) is 65.2 Å². The predicted octanol–water partition coefficient (Wildman–Crippen LogP) is 2.94. The Balaban J connectivity index is 1.58. The summed E-state index contributed by atoms with van der Waals surface area (Å²) in [5.41, 5.74) is 1.15. The van der Waals surface area contributed by atoms with Crippen molar-refractivity contribution < 1.29 is 28.2 Å². The standard InChI is InChI=1S/C19H15F2N3O4S/c20-14-5-4-12(7-15(14)21)10-28-13-3-1-2-11(6-13)9-22-24-19-23-18(27)16(29-19)8-17(25)26/h1-7,9,16H,8,10H2,(H,25,26)(H,23,24,27). The summed E-state index contributed by atoms with van der Waals surface area (Å²) in [4.78, 5) is 22.3. The molecule has 1 saturated heterocycles. The third-order valence-electron chi connectivity index (χ3n) is 3.74. The van der Waals surface area contributed by atoms with E-state index in [9.17, 15) is 18.4 Å². The molecule has 0 spiro atoms. The maximum atomic E-state index is 13.2. The molecule has 2 aromatic rings. The molecule has 150 valence electrons. The van der Waals surface area contributed by atoms with Crippen molar-refractivity contribution in [2.45, 2.75) is 18.3 Å². The molecule has 1 unspecified atom stereocenters. The second-order valence-corrected chi connectivity index (χ2v) is 7.14. The van der Waals surface area contributed by atoms with Crippen LogP contribution in [0, 0.1) is 11.6 Å². The van der Waals surface area contributed by atoms with Crippen molar-refractivity contribution in [2.75, 3.05) is 0 Å². The molecule has 1 amide bonds. The highest BCUT2D eigenvalue weighted by molar-refractivity contribution is 8.15. The lowest BCUT2D eigenvalue weighted by Crippen LogP contribution is -2.26. The van der Waals surface area contributed by atoms with E-state index in [1.807, 2.05) is 0 Å². The lowest BCUT2D eigenvalue weighted by Gasteiger charge is -2.07. The van der Waals surface area contributed by atoms with E-state index in [0.717, 1.165) is 23.9 Å². The van der Waals surface area contributed by atoms with Crippen LogP contribution >= 0.6 is 11.8 Å². The summed E-state index contributed by atoms with van der Waals surface area (Å²) in [6, 6.07) is 10.4. The SMILES string of the molecule is O=C(O)CC1SC(=NN=Cc2cccc(OCc3ccc(F)c(F)c3)c2)NC1=O. The van der Waals surface area contributed by atoms with Crippen LogP contribution in [0.4, 0.5) is 8.78 Å². The fraction of sp³-hybridized carbons (Fsp3) is 0.158. The number of nitrogens with one attached hydrogen (secondary N) is 1. The zero-order chi connectivity index (χ0) is 20.8. The molecule has 1 fully saturated rings. The van der Waals surface area contributed by atoms with Gasteiger partial charge in [0.15, 0.2) is 16.8 Å². The highest BCUT2D eigenvalue weighted by atomic mass is 32.2. The van der Waals surface area contributed by atoms with Crippen LogP contribution in [0.2, 0.25) is 0 Å². The quantitative estimate of drug-likeness (QED) is 0.531. The zero-order valence-electron chi connectivity index (χ0n) is 14.8. The Hall–Kier alpha value is -3.27. The molecule has 1 aliphatic rings. The van der Waals surface area contributed by atoms with Crippen molar-refractivity contribution in [2.24, 2.45) is 10.2 Å². The molecule has 3 rings (SSSR count). The topological polar surface area (TPSA) is 100 Å². The van der Waals surface area contributed by atoms with E-state index in [-0.39, 0.29) is 18.2 Å². The van der Waals surface area contributed by atoms with Crippen LogP contribution in [-0.4, -0.2) is 33.6 Å². The van der Waals surface area contributed by atoms with Crippen molar-refractivity contribution in [1.29, 1.82) is 0 Å². The Labute approximate surface area is 168 Å². The van der Waals surface area contributed by atoms with Gasteiger partial charge in [0, 0.05) is 0 Å². The van der Waals surface area contributed by atoms with Gasteiger partial charge >= 0.3 is 5.97 Å². The number of amidine groups is 1. The molecular weight excluding hydrogens is 404 g/mol. The smallest absolute Gasteiger partial charge is 0.305 e. The number of thioether (sulfide) groups is 1. The first-order valence-electron chi connectivity index (χ1n) is 8.38. The minimum Gasteiger partial charge on any atom is -0.489 e. The first kappa shape index (κ1) is 20.5. The van der Waals surface area contributed by atoms with Crippen molar-refractivity contribution in [3.8, 4) is 5.75 Å². The summed E-state index contributed by atoms with van der Waals surface area (Å²) in [5, 5.41) is 18.5. The fourth-order valence-corrected chi connectivity index (χ4v) is 3.29. The van der Waals surface area contributed by atoms with Gasteiger partial charge in [-0.2, -0.15) is 5.10 Å². The summed E-state index contributed by atoms with van der Waals surface area (Å²) in [7, 11) is 0. The van der Waals surface area contributed by atoms with Crippen LogP contribution < -0.4 is 10.1 Å². The fourth-order valence-electron chi connectivity index (χ4n) is 2.37. The molecular formula is C19H15F2N3O4S. The highest BCUT2D eigenvalue weighted by Crippen LogP contribution is 2.22. The van der Waals surface area contributed by atoms with Gasteiger partial charge in [-0.25, -0.2) is 8.78 Å². The van der Waals surface area contributed by atoms with Gasteiger partial charge in [0.25, 0.3) is 0 Å². The number of carboxylic acid groups (broad SMARTS) is 1. The zero-order valence-corrected chi connectivity index (χ0v) is 15.7. The number of nitrogens with zero attached hydrogens (tertiary/aromatic N) is 2. The van der Waals surface area contributed by atoms with Crippen LogP contribution in [-0.2, 0) is 16.2 Å². The molecule has 1 aliphatic heterocycles. The number of carbonyl (C=O) groups excluding carboxylic acids is 1. The van der Waals surface area contributed by atoms with Crippen LogP contribution in [0.3, 0.4) is 0 Å². The molecule has 1 atom stereocenters. The van der Waals surface area contributed by atoms with Gasteiger partial charge in [-0.05, 0) is 35.4 Å². The Morgan fingerprint density at radius 1 is 1.24 bits per heavy atom. The van der Waals surface area contributed by atoms with Gasteiger partial charge in [0.05, 0.1) is 12.6 Å². The number of aliphatic carboxylic acids is 1. The summed E-state index contributed by atoms with van der Waals surface area (Å²) in [6.45, 7) is 0.0632. The molecule has 10 heteroatoms. The lowest BCUT2D eigenvalue weighted by atomic mass is 10.2. The van der Waals surface area contributed by atoms with Gasteiger partial charge in [-0.3, -0.25) is 9.59 Å². The average molecular weight is 419 g/mol. The summed E-state index contributed by atoms with van der Waals surface area (Å²) < 4.78 is 31.8. The molecule has 1 heterocycles. The first-order valence-corrected chi connectivity index (χ1v) is 9.26.